The van der Waals surface area contributed by atoms with Gasteiger partial charge in [0.25, 0.3) is 0 Å². The topological polar surface area (TPSA) is 76.2 Å². The van der Waals surface area contributed by atoms with Crippen LogP contribution in [0, 0.1) is 5.92 Å². The lowest BCUT2D eigenvalue weighted by atomic mass is 9.88. The molecule has 1 unspecified atom stereocenters. The average molecular weight is 470 g/mol. The zero-order valence-electron chi connectivity index (χ0n) is 20.6. The van der Waals surface area contributed by atoms with E-state index in [1.165, 1.54) is 19.3 Å². The molecule has 2 aliphatic heterocycles. The molecule has 3 aliphatic rings. The van der Waals surface area contributed by atoms with Crippen LogP contribution in [0.2, 0.25) is 0 Å². The van der Waals surface area contributed by atoms with Crippen molar-refractivity contribution in [2.24, 2.45) is 5.92 Å². The van der Waals surface area contributed by atoms with Crippen molar-refractivity contribution >= 4 is 17.8 Å². The van der Waals surface area contributed by atoms with Crippen LogP contribution in [0.4, 0.5) is 4.79 Å². The van der Waals surface area contributed by atoms with Crippen LogP contribution in [0.3, 0.4) is 0 Å². The molecule has 1 aliphatic carbocycles. The number of rotatable bonds is 7. The average Bonchev–Trinajstić information content (AvgIpc) is 2.84. The summed E-state index contributed by atoms with van der Waals surface area (Å²) >= 11 is 0. The third-order valence-corrected chi connectivity index (χ3v) is 7.47. The minimum Gasteiger partial charge on any atom is -0.337 e. The summed E-state index contributed by atoms with van der Waals surface area (Å²) in [5, 5.41) is 6.38. The first-order valence-corrected chi connectivity index (χ1v) is 12.9. The molecule has 0 radical (unpaired) electrons. The van der Waals surface area contributed by atoms with E-state index in [4.69, 9.17) is 0 Å². The summed E-state index contributed by atoms with van der Waals surface area (Å²) in [5.41, 5.74) is 1.02. The fourth-order valence-electron chi connectivity index (χ4n) is 5.68. The van der Waals surface area contributed by atoms with E-state index < -0.39 is 12.2 Å². The van der Waals surface area contributed by atoms with Crippen molar-refractivity contribution in [3.05, 3.63) is 35.9 Å². The maximum atomic E-state index is 13.6. The van der Waals surface area contributed by atoms with E-state index in [0.717, 1.165) is 37.8 Å². The molecule has 4 amide bonds. The highest BCUT2D eigenvalue weighted by molar-refractivity contribution is 5.91. The number of hydrogen-bond donors (Lipinski definition) is 1. The Hall–Kier alpha value is -2.61. The van der Waals surface area contributed by atoms with E-state index in [1.54, 1.807) is 22.0 Å². The van der Waals surface area contributed by atoms with Gasteiger partial charge in [-0.05, 0) is 30.7 Å². The Morgan fingerprint density at radius 2 is 1.82 bits per heavy atom. The number of carbonyl (C=O) groups is 3. The summed E-state index contributed by atoms with van der Waals surface area (Å²) in [4.78, 5) is 43.8. The predicted octanol–water partition coefficient (Wildman–Crippen LogP) is 3.19. The van der Waals surface area contributed by atoms with Crippen LogP contribution in [0.5, 0.6) is 0 Å². The number of carbonyl (C=O) groups excluding carboxylic acids is 3. The fourth-order valence-corrected chi connectivity index (χ4v) is 5.68. The van der Waals surface area contributed by atoms with Crippen LogP contribution < -0.4 is 5.32 Å². The lowest BCUT2D eigenvalue weighted by Crippen LogP contribution is -2.76. The minimum atomic E-state index is -0.493. The SMILES string of the molecule is CCCC[C@H]1C(=O)N(CC2CCCCC2)CC2N1C(=O)CN(C)N2C(=O)NCc1ccccc1. The van der Waals surface area contributed by atoms with Gasteiger partial charge in [-0.15, -0.1) is 0 Å². The highest BCUT2D eigenvalue weighted by atomic mass is 16.2. The zero-order valence-corrected chi connectivity index (χ0v) is 20.6. The largest absolute Gasteiger partial charge is 0.337 e. The number of fused-ring (bicyclic) bond motifs is 1. The number of urea groups is 1. The van der Waals surface area contributed by atoms with Gasteiger partial charge in [0.1, 0.15) is 12.2 Å². The summed E-state index contributed by atoms with van der Waals surface area (Å²) < 4.78 is 0. The second-order valence-corrected chi connectivity index (χ2v) is 9.99. The monoisotopic (exact) mass is 469 g/mol. The Morgan fingerprint density at radius 3 is 2.53 bits per heavy atom. The van der Waals surface area contributed by atoms with Crippen molar-refractivity contribution in [3.8, 4) is 0 Å². The first-order valence-electron chi connectivity index (χ1n) is 12.9. The third kappa shape index (κ3) is 5.37. The Balaban J connectivity index is 1.55. The van der Waals surface area contributed by atoms with Crippen LogP contribution in [0.25, 0.3) is 0 Å². The van der Waals surface area contributed by atoms with Crippen LogP contribution in [0.1, 0.15) is 63.9 Å². The maximum Gasteiger partial charge on any atom is 0.334 e. The summed E-state index contributed by atoms with van der Waals surface area (Å²) in [5.74, 6) is 0.484. The molecule has 3 fully saturated rings. The molecule has 1 saturated carbocycles. The first-order chi connectivity index (χ1) is 16.5. The van der Waals surface area contributed by atoms with E-state index in [2.05, 4.69) is 12.2 Å². The number of piperazine rings is 1. The van der Waals surface area contributed by atoms with Gasteiger partial charge in [0.2, 0.25) is 11.8 Å². The number of unbranched alkanes of at least 4 members (excludes halogenated alkanes) is 1. The molecule has 1 aromatic carbocycles. The molecule has 1 N–H and O–H groups in total. The second kappa shape index (κ2) is 11.2. The molecule has 0 aromatic heterocycles. The van der Waals surface area contributed by atoms with Crippen molar-refractivity contribution in [2.75, 3.05) is 26.7 Å². The smallest absolute Gasteiger partial charge is 0.334 e. The molecule has 0 spiro atoms. The van der Waals surface area contributed by atoms with Crippen LogP contribution in [-0.4, -0.2) is 76.6 Å². The van der Waals surface area contributed by atoms with Gasteiger partial charge >= 0.3 is 6.03 Å². The second-order valence-electron chi connectivity index (χ2n) is 9.99. The Bertz CT molecular complexity index is 857. The molecule has 8 heteroatoms. The third-order valence-electron chi connectivity index (χ3n) is 7.47. The van der Waals surface area contributed by atoms with Crippen LogP contribution in [-0.2, 0) is 16.1 Å². The summed E-state index contributed by atoms with van der Waals surface area (Å²) in [6.07, 6.45) is 8.01. The molecule has 1 aromatic rings. The van der Waals surface area contributed by atoms with Crippen molar-refractivity contribution in [1.82, 2.24) is 25.1 Å². The van der Waals surface area contributed by atoms with Crippen molar-refractivity contribution < 1.29 is 14.4 Å². The standard InChI is InChI=1S/C26H39N5O3/c1-3-4-15-22-25(33)29(17-21-13-9-6-10-14-21)18-23-30(22)24(32)19-28(2)31(23)26(34)27-16-20-11-7-5-8-12-20/h5,7-8,11-12,21-23H,3-4,6,9-10,13-19H2,1-2H3,(H,27,34)/t22-,23?/m0/s1. The molecule has 4 rings (SSSR count). The summed E-state index contributed by atoms with van der Waals surface area (Å²) in [7, 11) is 1.78. The van der Waals surface area contributed by atoms with Gasteiger partial charge in [0.15, 0.2) is 0 Å². The number of likely N-dealkylation sites (N-methyl/N-ethyl adjacent to an activating group) is 1. The Kier molecular flexibility index (Phi) is 8.08. The van der Waals surface area contributed by atoms with E-state index >= 15 is 0 Å². The molecule has 2 atom stereocenters. The molecule has 8 nitrogen and oxygen atoms in total. The van der Waals surface area contributed by atoms with E-state index in [9.17, 15) is 14.4 Å². The fraction of sp³-hybridized carbons (Fsp3) is 0.654. The van der Waals surface area contributed by atoms with Gasteiger partial charge in [-0.1, -0.05) is 69.4 Å². The molecule has 2 heterocycles. The molecule has 2 saturated heterocycles. The minimum absolute atomic E-state index is 0.0535. The van der Waals surface area contributed by atoms with Gasteiger partial charge < -0.3 is 15.1 Å². The van der Waals surface area contributed by atoms with Crippen molar-refractivity contribution in [3.63, 3.8) is 0 Å². The van der Waals surface area contributed by atoms with Crippen molar-refractivity contribution in [2.45, 2.75) is 77.0 Å². The molecular formula is C26H39N5O3. The van der Waals surface area contributed by atoms with Gasteiger partial charge in [0.05, 0.1) is 13.1 Å². The lowest BCUT2D eigenvalue weighted by Gasteiger charge is -2.55. The number of benzene rings is 1. The number of hydrogen-bond acceptors (Lipinski definition) is 4. The number of amides is 4. The number of nitrogens with zero attached hydrogens (tertiary/aromatic N) is 4. The highest BCUT2D eigenvalue weighted by Gasteiger charge is 2.50. The lowest BCUT2D eigenvalue weighted by molar-refractivity contribution is -0.188. The van der Waals surface area contributed by atoms with E-state index in [1.807, 2.05) is 35.2 Å². The first kappa shape index (κ1) is 24.5. The normalized spacial score (nSPS) is 24.4. The molecule has 0 bridgehead atoms. The van der Waals surface area contributed by atoms with Crippen molar-refractivity contribution in [1.29, 1.82) is 0 Å². The van der Waals surface area contributed by atoms with Gasteiger partial charge in [-0.25, -0.2) is 14.8 Å². The quantitative estimate of drug-likeness (QED) is 0.665. The Morgan fingerprint density at radius 1 is 1.09 bits per heavy atom. The van der Waals surface area contributed by atoms with Crippen LogP contribution in [0.15, 0.2) is 30.3 Å². The summed E-state index contributed by atoms with van der Waals surface area (Å²) in [6.45, 7) is 3.69. The maximum absolute atomic E-state index is 13.6. The van der Waals surface area contributed by atoms with Gasteiger partial charge in [0, 0.05) is 20.1 Å². The molecule has 186 valence electrons. The number of nitrogens with one attached hydrogen (secondary N) is 1. The Labute approximate surface area is 203 Å². The van der Waals surface area contributed by atoms with E-state index in [0.29, 0.717) is 25.4 Å². The molecule has 34 heavy (non-hydrogen) atoms. The zero-order chi connectivity index (χ0) is 24.1. The summed E-state index contributed by atoms with van der Waals surface area (Å²) in [6, 6.07) is 9.06. The van der Waals surface area contributed by atoms with Gasteiger partial charge in [-0.3, -0.25) is 9.59 Å². The van der Waals surface area contributed by atoms with Gasteiger partial charge in [-0.2, -0.15) is 0 Å². The van der Waals surface area contributed by atoms with Crippen LogP contribution >= 0.6 is 0 Å². The van der Waals surface area contributed by atoms with E-state index in [-0.39, 0.29) is 24.4 Å². The number of hydrazine groups is 1. The molecular weight excluding hydrogens is 430 g/mol. The predicted molar refractivity (Wildman–Crippen MR) is 130 cm³/mol. The highest BCUT2D eigenvalue weighted by Crippen LogP contribution is 2.31.